The molecule has 1 aliphatic heterocycles. The van der Waals surface area contributed by atoms with Crippen molar-refractivity contribution in [2.45, 2.75) is 59.4 Å². The van der Waals surface area contributed by atoms with Gasteiger partial charge in [0.15, 0.2) is 0 Å². The number of aromatic hydroxyl groups is 1. The number of phenols is 1. The highest BCUT2D eigenvalue weighted by atomic mass is 16.4. The summed E-state index contributed by atoms with van der Waals surface area (Å²) >= 11 is 0. The number of nitrogens with one attached hydrogen (secondary N) is 1. The zero-order chi connectivity index (χ0) is 22.8. The van der Waals surface area contributed by atoms with E-state index in [4.69, 9.17) is 0 Å². The van der Waals surface area contributed by atoms with Gasteiger partial charge >= 0.3 is 5.97 Å². The lowest BCUT2D eigenvalue weighted by Gasteiger charge is -2.36. The fourth-order valence-corrected chi connectivity index (χ4v) is 4.08. The number of phenolic OH excluding ortho intramolecular Hbond substituents is 1. The molecule has 7 heteroatoms. The van der Waals surface area contributed by atoms with E-state index in [-0.39, 0.29) is 11.8 Å². The van der Waals surface area contributed by atoms with E-state index in [0.29, 0.717) is 29.5 Å². The first-order valence-electron chi connectivity index (χ1n) is 11.0. The number of carbonyl (C=O) groups is 1. The van der Waals surface area contributed by atoms with Crippen LogP contribution in [0.3, 0.4) is 0 Å². The van der Waals surface area contributed by atoms with Crippen LogP contribution in [0.2, 0.25) is 0 Å². The molecule has 1 saturated heterocycles. The maximum absolute atomic E-state index is 11.5. The molecular formula is C24H34N4O3. The summed E-state index contributed by atoms with van der Waals surface area (Å²) in [4.78, 5) is 13.7. The molecule has 0 radical (unpaired) electrons. The molecule has 7 nitrogen and oxygen atoms in total. The third kappa shape index (κ3) is 5.53. The van der Waals surface area contributed by atoms with Gasteiger partial charge in [0, 0.05) is 24.7 Å². The van der Waals surface area contributed by atoms with Gasteiger partial charge in [-0.25, -0.2) is 0 Å². The van der Waals surface area contributed by atoms with Crippen molar-refractivity contribution >= 4 is 11.8 Å². The molecule has 3 N–H and O–H groups in total. The van der Waals surface area contributed by atoms with Crippen LogP contribution >= 0.6 is 0 Å². The normalized spacial score (nSPS) is 17.7. The number of likely N-dealkylation sites (tertiary alicyclic amines) is 1. The van der Waals surface area contributed by atoms with Crippen molar-refractivity contribution < 1.29 is 15.0 Å². The number of rotatable bonds is 7. The van der Waals surface area contributed by atoms with E-state index in [1.165, 1.54) is 0 Å². The molecule has 1 aliphatic rings. The first-order valence-corrected chi connectivity index (χ1v) is 11.0. The van der Waals surface area contributed by atoms with Crippen LogP contribution in [-0.4, -0.2) is 57.0 Å². The summed E-state index contributed by atoms with van der Waals surface area (Å²) in [5.74, 6) is 0.483. The second kappa shape index (κ2) is 9.22. The molecule has 0 saturated carbocycles. The van der Waals surface area contributed by atoms with Gasteiger partial charge in [0.2, 0.25) is 0 Å². The zero-order valence-electron chi connectivity index (χ0n) is 19.1. The minimum Gasteiger partial charge on any atom is -0.507 e. The Kier molecular flexibility index (Phi) is 6.84. The largest absolute Gasteiger partial charge is 0.507 e. The molecule has 0 amide bonds. The molecule has 31 heavy (non-hydrogen) atoms. The van der Waals surface area contributed by atoms with Crippen molar-refractivity contribution in [2.24, 2.45) is 5.41 Å². The van der Waals surface area contributed by atoms with E-state index >= 15 is 0 Å². The summed E-state index contributed by atoms with van der Waals surface area (Å²) in [6.07, 6.45) is 2.01. The Morgan fingerprint density at radius 3 is 2.65 bits per heavy atom. The van der Waals surface area contributed by atoms with Crippen LogP contribution in [0.4, 0.5) is 5.82 Å². The van der Waals surface area contributed by atoms with Gasteiger partial charge in [0.05, 0.1) is 11.1 Å². The van der Waals surface area contributed by atoms with Crippen molar-refractivity contribution in [3.63, 3.8) is 0 Å². The van der Waals surface area contributed by atoms with Crippen LogP contribution in [0.5, 0.6) is 5.75 Å². The van der Waals surface area contributed by atoms with E-state index in [1.807, 2.05) is 25.1 Å². The van der Waals surface area contributed by atoms with E-state index in [9.17, 15) is 15.0 Å². The lowest BCUT2D eigenvalue weighted by Crippen LogP contribution is -2.47. The molecule has 0 spiro atoms. The number of anilines is 1. The van der Waals surface area contributed by atoms with Crippen molar-refractivity contribution in [2.75, 3.05) is 25.0 Å². The number of hydrogen-bond donors (Lipinski definition) is 3. The quantitative estimate of drug-likeness (QED) is 0.608. The summed E-state index contributed by atoms with van der Waals surface area (Å²) in [7, 11) is 0. The molecule has 168 valence electrons. The second-order valence-electron chi connectivity index (χ2n) is 9.60. The number of carboxylic acid groups (broad SMARTS) is 1. The third-order valence-corrected chi connectivity index (χ3v) is 5.98. The Morgan fingerprint density at radius 2 is 2.03 bits per heavy atom. The van der Waals surface area contributed by atoms with Crippen LogP contribution in [0.25, 0.3) is 11.3 Å². The molecule has 2 heterocycles. The van der Waals surface area contributed by atoms with Gasteiger partial charge in [-0.2, -0.15) is 0 Å². The highest BCUT2D eigenvalue weighted by Gasteiger charge is 2.32. The molecular weight excluding hydrogens is 392 g/mol. The number of nitrogens with zero attached hydrogens (tertiary/aromatic N) is 3. The van der Waals surface area contributed by atoms with Crippen molar-refractivity contribution in [3.8, 4) is 17.0 Å². The number of piperidine rings is 1. The van der Waals surface area contributed by atoms with Gasteiger partial charge in [-0.15, -0.1) is 10.2 Å². The molecule has 1 fully saturated rings. The minimum absolute atomic E-state index is 0.191. The van der Waals surface area contributed by atoms with Gasteiger partial charge in [-0.3, -0.25) is 4.79 Å². The number of aryl methyl sites for hydroxylation is 1. The number of aromatic nitrogens is 2. The van der Waals surface area contributed by atoms with Gasteiger partial charge in [-0.05, 0) is 75.4 Å². The molecule has 0 aliphatic carbocycles. The lowest BCUT2D eigenvalue weighted by molar-refractivity contribution is -0.148. The topological polar surface area (TPSA) is 98.6 Å². The Balaban J connectivity index is 1.70. The summed E-state index contributed by atoms with van der Waals surface area (Å²) in [5, 5.41) is 32.1. The smallest absolute Gasteiger partial charge is 0.310 e. The average molecular weight is 427 g/mol. The lowest BCUT2D eigenvalue weighted by atomic mass is 9.91. The number of hydrogen-bond acceptors (Lipinski definition) is 6. The van der Waals surface area contributed by atoms with Crippen LogP contribution in [0.1, 0.15) is 57.6 Å². The first-order chi connectivity index (χ1) is 14.6. The second-order valence-corrected chi connectivity index (χ2v) is 9.60. The number of aliphatic carboxylic acids is 1. The zero-order valence-corrected chi connectivity index (χ0v) is 19.1. The van der Waals surface area contributed by atoms with Gasteiger partial charge in [0.25, 0.3) is 0 Å². The summed E-state index contributed by atoms with van der Waals surface area (Å²) in [6, 6.07) is 7.86. The standard InChI is InChI=1S/C24H34N4O3/c1-15(2)17-8-9-19(20(29)12-17)22-16(3)11-21(26-27-22)25-18-7-6-10-28(13-18)14-24(4,5)23(30)31/h8-9,11-12,15,18,29H,6-7,10,13-14H2,1-5H3,(H,25,26)(H,30,31)/t18-/m1/s1. The van der Waals surface area contributed by atoms with E-state index in [2.05, 4.69) is 34.3 Å². The van der Waals surface area contributed by atoms with E-state index in [0.717, 1.165) is 37.1 Å². The van der Waals surface area contributed by atoms with Crippen LogP contribution in [-0.2, 0) is 4.79 Å². The monoisotopic (exact) mass is 426 g/mol. The maximum Gasteiger partial charge on any atom is 0.310 e. The highest BCUT2D eigenvalue weighted by Crippen LogP contribution is 2.33. The van der Waals surface area contributed by atoms with Crippen molar-refractivity contribution in [1.29, 1.82) is 0 Å². The Hall–Kier alpha value is -2.67. The molecule has 0 bridgehead atoms. The fourth-order valence-electron chi connectivity index (χ4n) is 4.08. The Morgan fingerprint density at radius 1 is 1.29 bits per heavy atom. The van der Waals surface area contributed by atoms with Crippen molar-refractivity contribution in [1.82, 2.24) is 15.1 Å². The van der Waals surface area contributed by atoms with Crippen LogP contribution in [0, 0.1) is 12.3 Å². The summed E-state index contributed by atoms with van der Waals surface area (Å²) in [6.45, 7) is 11.9. The maximum atomic E-state index is 11.5. The molecule has 2 aromatic rings. The van der Waals surface area contributed by atoms with Gasteiger partial charge in [0.1, 0.15) is 11.6 Å². The van der Waals surface area contributed by atoms with E-state index < -0.39 is 11.4 Å². The molecule has 1 aromatic heterocycles. The van der Waals surface area contributed by atoms with Crippen LogP contribution < -0.4 is 5.32 Å². The number of carboxylic acids is 1. The SMILES string of the molecule is Cc1cc(N[C@@H]2CCCN(CC(C)(C)C(=O)O)C2)nnc1-c1ccc(C(C)C)cc1O. The first kappa shape index (κ1) is 23.0. The summed E-state index contributed by atoms with van der Waals surface area (Å²) < 4.78 is 0. The van der Waals surface area contributed by atoms with Crippen LogP contribution in [0.15, 0.2) is 24.3 Å². The predicted molar refractivity (Wildman–Crippen MR) is 122 cm³/mol. The van der Waals surface area contributed by atoms with Gasteiger partial charge in [-0.1, -0.05) is 19.9 Å². The molecule has 1 aromatic carbocycles. The molecule has 0 unspecified atom stereocenters. The Labute approximate surface area is 184 Å². The van der Waals surface area contributed by atoms with Crippen molar-refractivity contribution in [3.05, 3.63) is 35.4 Å². The van der Waals surface area contributed by atoms with E-state index in [1.54, 1.807) is 19.9 Å². The number of benzene rings is 1. The molecule has 1 atom stereocenters. The third-order valence-electron chi connectivity index (χ3n) is 5.98. The predicted octanol–water partition coefficient (Wildman–Crippen LogP) is 4.27. The minimum atomic E-state index is -0.774. The average Bonchev–Trinajstić information content (AvgIpc) is 2.68. The fraction of sp³-hybridized carbons (Fsp3) is 0.542. The molecule has 3 rings (SSSR count). The Bertz CT molecular complexity index is 942. The van der Waals surface area contributed by atoms with Gasteiger partial charge < -0.3 is 20.4 Å². The summed E-state index contributed by atoms with van der Waals surface area (Å²) in [5.41, 5.74) is 2.60. The highest BCUT2D eigenvalue weighted by molar-refractivity contribution is 5.74.